The summed E-state index contributed by atoms with van der Waals surface area (Å²) >= 11 is 1.62. The first-order valence-corrected chi connectivity index (χ1v) is 10.8. The van der Waals surface area contributed by atoms with Gasteiger partial charge in [0, 0.05) is 31.3 Å². The summed E-state index contributed by atoms with van der Waals surface area (Å²) in [5.41, 5.74) is 2.31. The fourth-order valence-electron chi connectivity index (χ4n) is 3.85. The molecule has 0 saturated heterocycles. The Labute approximate surface area is 172 Å². The fourth-order valence-corrected chi connectivity index (χ4v) is 4.54. The van der Waals surface area contributed by atoms with Gasteiger partial charge in [-0.15, -0.1) is 21.5 Å². The molecule has 1 N–H and O–H groups in total. The second-order valence-corrected chi connectivity index (χ2v) is 8.14. The van der Waals surface area contributed by atoms with Crippen molar-refractivity contribution in [3.05, 3.63) is 65.1 Å². The van der Waals surface area contributed by atoms with Crippen LogP contribution in [0.4, 0.5) is 0 Å². The Kier molecular flexibility index (Phi) is 4.81. The van der Waals surface area contributed by atoms with Crippen LogP contribution in [0.5, 0.6) is 0 Å². The van der Waals surface area contributed by atoms with Crippen molar-refractivity contribution in [2.45, 2.75) is 32.2 Å². The van der Waals surface area contributed by atoms with Gasteiger partial charge in [0.05, 0.1) is 21.7 Å². The van der Waals surface area contributed by atoms with Crippen molar-refractivity contribution >= 4 is 28.1 Å². The number of hydrogen-bond acceptors (Lipinski definition) is 5. The molecule has 6 nitrogen and oxygen atoms in total. The van der Waals surface area contributed by atoms with Crippen molar-refractivity contribution in [1.29, 1.82) is 0 Å². The van der Waals surface area contributed by atoms with Gasteiger partial charge in [-0.05, 0) is 36.4 Å². The first-order valence-electron chi connectivity index (χ1n) is 9.92. The molecule has 5 rings (SSSR count). The van der Waals surface area contributed by atoms with E-state index in [-0.39, 0.29) is 5.91 Å². The summed E-state index contributed by atoms with van der Waals surface area (Å²) in [4.78, 5) is 18.8. The zero-order chi connectivity index (χ0) is 19.6. The number of para-hydroxylation sites is 1. The van der Waals surface area contributed by atoms with E-state index in [1.807, 2.05) is 47.8 Å². The second kappa shape index (κ2) is 7.75. The highest BCUT2D eigenvalue weighted by atomic mass is 32.1. The average Bonchev–Trinajstić information content (AvgIpc) is 3.43. The van der Waals surface area contributed by atoms with Crippen molar-refractivity contribution in [1.82, 2.24) is 25.1 Å². The van der Waals surface area contributed by atoms with E-state index in [9.17, 15) is 4.79 Å². The Morgan fingerprint density at radius 3 is 2.97 bits per heavy atom. The van der Waals surface area contributed by atoms with Gasteiger partial charge < -0.3 is 9.88 Å². The van der Waals surface area contributed by atoms with Crippen molar-refractivity contribution in [2.75, 3.05) is 6.54 Å². The molecule has 0 atom stereocenters. The van der Waals surface area contributed by atoms with Crippen molar-refractivity contribution in [3.63, 3.8) is 0 Å². The average molecular weight is 404 g/mol. The van der Waals surface area contributed by atoms with Crippen LogP contribution in [0.3, 0.4) is 0 Å². The number of carbonyl (C=O) groups is 1. The maximum Gasteiger partial charge on any atom is 0.252 e. The highest BCUT2D eigenvalue weighted by Crippen LogP contribution is 2.27. The third-order valence-electron chi connectivity index (χ3n) is 5.30. The molecule has 146 valence electrons. The third kappa shape index (κ3) is 3.53. The quantitative estimate of drug-likeness (QED) is 0.549. The number of hydrogen-bond donors (Lipinski definition) is 1. The Balaban J connectivity index is 1.37. The van der Waals surface area contributed by atoms with Crippen molar-refractivity contribution in [2.24, 2.45) is 0 Å². The minimum atomic E-state index is -0.0835. The van der Waals surface area contributed by atoms with E-state index in [2.05, 4.69) is 20.1 Å². The zero-order valence-corrected chi connectivity index (χ0v) is 16.8. The summed E-state index contributed by atoms with van der Waals surface area (Å²) in [6.07, 6.45) is 4.02. The highest BCUT2D eigenvalue weighted by molar-refractivity contribution is 7.13. The Morgan fingerprint density at radius 1 is 1.14 bits per heavy atom. The normalized spacial score (nSPS) is 13.4. The molecule has 4 aromatic rings. The lowest BCUT2D eigenvalue weighted by atomic mass is 10.1. The molecule has 0 radical (unpaired) electrons. The minimum absolute atomic E-state index is 0.0835. The summed E-state index contributed by atoms with van der Waals surface area (Å²) in [6.45, 7) is 1.51. The first kappa shape index (κ1) is 18.0. The van der Waals surface area contributed by atoms with Gasteiger partial charge in [0.2, 0.25) is 0 Å². The van der Waals surface area contributed by atoms with Crippen LogP contribution in [0.25, 0.3) is 21.5 Å². The molecular weight excluding hydrogens is 382 g/mol. The topological polar surface area (TPSA) is 72.7 Å². The lowest BCUT2D eigenvalue weighted by Crippen LogP contribution is -2.27. The number of fused-ring (bicyclic) bond motifs is 2. The van der Waals surface area contributed by atoms with E-state index >= 15 is 0 Å². The Bertz CT molecular complexity index is 1170. The predicted molar refractivity (Wildman–Crippen MR) is 114 cm³/mol. The van der Waals surface area contributed by atoms with Crippen LogP contribution in [-0.2, 0) is 19.4 Å². The Hall–Kier alpha value is -3.06. The number of benzene rings is 1. The van der Waals surface area contributed by atoms with Crippen LogP contribution in [0.2, 0.25) is 0 Å². The lowest BCUT2D eigenvalue weighted by molar-refractivity contribution is 0.0955. The van der Waals surface area contributed by atoms with E-state index in [1.165, 1.54) is 12.8 Å². The van der Waals surface area contributed by atoms with E-state index < -0.39 is 0 Å². The van der Waals surface area contributed by atoms with Crippen molar-refractivity contribution < 1.29 is 4.79 Å². The molecule has 0 spiro atoms. The third-order valence-corrected chi connectivity index (χ3v) is 6.20. The van der Waals surface area contributed by atoms with Crippen LogP contribution in [0, 0.1) is 0 Å². The largest absolute Gasteiger partial charge is 0.352 e. The van der Waals surface area contributed by atoms with Crippen LogP contribution in [0.15, 0.2) is 47.8 Å². The number of nitrogens with one attached hydrogen (secondary N) is 1. The maximum absolute atomic E-state index is 13.0. The van der Waals surface area contributed by atoms with E-state index in [1.54, 1.807) is 11.3 Å². The van der Waals surface area contributed by atoms with Gasteiger partial charge in [0.25, 0.3) is 5.91 Å². The molecule has 7 heteroatoms. The number of amides is 1. The molecule has 4 heterocycles. The molecule has 0 saturated carbocycles. The number of rotatable bonds is 5. The summed E-state index contributed by atoms with van der Waals surface area (Å²) < 4.78 is 2.20. The van der Waals surface area contributed by atoms with Crippen molar-refractivity contribution in [3.8, 4) is 10.6 Å². The number of nitrogens with zero attached hydrogens (tertiary/aromatic N) is 4. The zero-order valence-electron chi connectivity index (χ0n) is 16.0. The molecule has 0 unspecified atom stereocenters. The predicted octanol–water partition coefficient (Wildman–Crippen LogP) is 3.86. The van der Waals surface area contributed by atoms with Crippen LogP contribution in [-0.4, -0.2) is 32.2 Å². The molecule has 1 amide bonds. The monoisotopic (exact) mass is 403 g/mol. The summed E-state index contributed by atoms with van der Waals surface area (Å²) in [7, 11) is 0. The summed E-state index contributed by atoms with van der Waals surface area (Å²) in [5.74, 6) is 1.94. The number of pyridine rings is 1. The standard InChI is InChI=1S/C22H21N5OS/c28-22(23-11-10-21-26-25-20-9-3-4-12-27(20)21)16-14-18(19-8-5-13-29-19)24-17-7-2-1-6-15(16)17/h1-2,5-8,13-14H,3-4,9-12H2,(H,23,28). The van der Waals surface area contributed by atoms with Crippen LogP contribution in [0.1, 0.15) is 34.8 Å². The Morgan fingerprint density at radius 2 is 2.07 bits per heavy atom. The van der Waals surface area contributed by atoms with Crippen LogP contribution < -0.4 is 5.32 Å². The van der Waals surface area contributed by atoms with Gasteiger partial charge in [0.15, 0.2) is 0 Å². The molecule has 1 aliphatic heterocycles. The molecule has 3 aromatic heterocycles. The molecule has 29 heavy (non-hydrogen) atoms. The molecule has 0 fully saturated rings. The van der Waals surface area contributed by atoms with Gasteiger partial charge in [-0.25, -0.2) is 4.98 Å². The van der Waals surface area contributed by atoms with E-state index in [0.717, 1.165) is 46.1 Å². The van der Waals surface area contributed by atoms with E-state index in [4.69, 9.17) is 4.98 Å². The van der Waals surface area contributed by atoms with Gasteiger partial charge in [0.1, 0.15) is 11.6 Å². The SMILES string of the molecule is O=C(NCCc1nnc2n1CCCC2)c1cc(-c2cccs2)nc2ccccc12. The molecular formula is C22H21N5OS. The van der Waals surface area contributed by atoms with Gasteiger partial charge in [-0.3, -0.25) is 4.79 Å². The molecule has 0 bridgehead atoms. The van der Waals surface area contributed by atoms with Gasteiger partial charge in [-0.2, -0.15) is 0 Å². The lowest BCUT2D eigenvalue weighted by Gasteiger charge is -2.15. The minimum Gasteiger partial charge on any atom is -0.352 e. The molecule has 1 aliphatic rings. The smallest absolute Gasteiger partial charge is 0.252 e. The van der Waals surface area contributed by atoms with Gasteiger partial charge >= 0.3 is 0 Å². The summed E-state index contributed by atoms with van der Waals surface area (Å²) in [5, 5.41) is 14.6. The van der Waals surface area contributed by atoms with Crippen LogP contribution >= 0.6 is 11.3 Å². The fraction of sp³-hybridized carbons (Fsp3) is 0.273. The number of carbonyl (C=O) groups excluding carboxylic acids is 1. The first-order chi connectivity index (χ1) is 14.3. The molecule has 0 aliphatic carbocycles. The highest BCUT2D eigenvalue weighted by Gasteiger charge is 2.17. The number of thiophene rings is 1. The second-order valence-electron chi connectivity index (χ2n) is 7.20. The van der Waals surface area contributed by atoms with Gasteiger partial charge in [-0.1, -0.05) is 24.3 Å². The summed E-state index contributed by atoms with van der Waals surface area (Å²) in [6, 6.07) is 13.7. The number of aromatic nitrogens is 4. The molecule has 1 aromatic carbocycles. The van der Waals surface area contributed by atoms with E-state index in [0.29, 0.717) is 18.5 Å². The maximum atomic E-state index is 13.0. The number of aryl methyl sites for hydroxylation is 1.